The van der Waals surface area contributed by atoms with Crippen LogP contribution in [0.25, 0.3) is 5.65 Å². The van der Waals surface area contributed by atoms with Gasteiger partial charge in [-0.05, 0) is 24.5 Å². The molecule has 0 spiro atoms. The zero-order valence-corrected chi connectivity index (χ0v) is 11.6. The molecule has 0 saturated heterocycles. The summed E-state index contributed by atoms with van der Waals surface area (Å²) in [5, 5.41) is 10.7. The number of amides is 1. The van der Waals surface area contributed by atoms with Gasteiger partial charge in [-0.3, -0.25) is 9.20 Å². The molecule has 1 saturated carbocycles. The molecule has 106 valence electrons. The highest BCUT2D eigenvalue weighted by molar-refractivity contribution is 5.90. The van der Waals surface area contributed by atoms with Gasteiger partial charge in [-0.15, -0.1) is 10.2 Å². The summed E-state index contributed by atoms with van der Waals surface area (Å²) in [5.41, 5.74) is 1.58. The number of nitrogens with one attached hydrogen (secondary N) is 1. The molecular formula is C15H20N4O. The predicted molar refractivity (Wildman–Crippen MR) is 77.4 cm³/mol. The molecule has 5 nitrogen and oxygen atoms in total. The van der Waals surface area contributed by atoms with Crippen molar-refractivity contribution in [2.75, 3.05) is 5.32 Å². The van der Waals surface area contributed by atoms with Gasteiger partial charge in [0.15, 0.2) is 5.65 Å². The lowest BCUT2D eigenvalue weighted by atomic mass is 9.86. The van der Waals surface area contributed by atoms with Gasteiger partial charge in [-0.1, -0.05) is 32.1 Å². The van der Waals surface area contributed by atoms with E-state index in [1.165, 1.54) is 32.1 Å². The third kappa shape index (κ3) is 3.15. The molecule has 5 heteroatoms. The second-order valence-electron chi connectivity index (χ2n) is 5.61. The van der Waals surface area contributed by atoms with Crippen LogP contribution in [0.3, 0.4) is 0 Å². The highest BCUT2D eigenvalue weighted by atomic mass is 16.1. The zero-order valence-electron chi connectivity index (χ0n) is 11.6. The molecule has 1 fully saturated rings. The number of carbonyl (C=O) groups is 1. The van der Waals surface area contributed by atoms with Crippen LogP contribution in [-0.4, -0.2) is 20.5 Å². The minimum Gasteiger partial charge on any atom is -0.325 e. The standard InChI is InChI=1S/C15H20N4O/c20-15(9-6-12-4-2-1-3-5-12)17-13-7-8-14-18-16-11-19(14)10-13/h7-8,10-12H,1-6,9H2,(H,17,20). The van der Waals surface area contributed by atoms with Gasteiger partial charge in [0.2, 0.25) is 5.91 Å². The van der Waals surface area contributed by atoms with E-state index in [4.69, 9.17) is 0 Å². The van der Waals surface area contributed by atoms with Crippen LogP contribution < -0.4 is 5.32 Å². The van der Waals surface area contributed by atoms with Crippen LogP contribution in [0.2, 0.25) is 0 Å². The van der Waals surface area contributed by atoms with Crippen LogP contribution in [0, 0.1) is 5.92 Å². The van der Waals surface area contributed by atoms with Crippen molar-refractivity contribution in [1.82, 2.24) is 14.6 Å². The van der Waals surface area contributed by atoms with E-state index in [0.29, 0.717) is 6.42 Å². The Kier molecular flexibility index (Phi) is 3.95. The molecule has 1 amide bonds. The van der Waals surface area contributed by atoms with Gasteiger partial charge >= 0.3 is 0 Å². The lowest BCUT2D eigenvalue weighted by Gasteiger charge is -2.20. The summed E-state index contributed by atoms with van der Waals surface area (Å²) >= 11 is 0. The van der Waals surface area contributed by atoms with Gasteiger partial charge in [0.1, 0.15) is 6.33 Å². The normalized spacial score (nSPS) is 16.4. The quantitative estimate of drug-likeness (QED) is 0.930. The minimum atomic E-state index is 0.1000. The minimum absolute atomic E-state index is 0.1000. The van der Waals surface area contributed by atoms with Crippen LogP contribution in [0.5, 0.6) is 0 Å². The second kappa shape index (κ2) is 6.03. The van der Waals surface area contributed by atoms with E-state index in [1.807, 2.05) is 18.3 Å². The van der Waals surface area contributed by atoms with Crippen molar-refractivity contribution in [3.05, 3.63) is 24.7 Å². The monoisotopic (exact) mass is 272 g/mol. The SMILES string of the molecule is O=C(CCC1CCCCC1)Nc1ccc2nncn2c1. The summed E-state index contributed by atoms with van der Waals surface area (Å²) in [5.74, 6) is 0.845. The number of hydrogen-bond acceptors (Lipinski definition) is 3. The van der Waals surface area contributed by atoms with Crippen LogP contribution in [0.4, 0.5) is 5.69 Å². The van der Waals surface area contributed by atoms with Crippen LogP contribution in [0.15, 0.2) is 24.7 Å². The average molecular weight is 272 g/mol. The molecule has 0 bridgehead atoms. The number of rotatable bonds is 4. The first-order valence-corrected chi connectivity index (χ1v) is 7.40. The first kappa shape index (κ1) is 13.1. The molecule has 20 heavy (non-hydrogen) atoms. The first-order chi connectivity index (χ1) is 9.81. The number of nitrogens with zero attached hydrogens (tertiary/aromatic N) is 3. The van der Waals surface area contributed by atoms with Gasteiger partial charge < -0.3 is 5.32 Å². The Labute approximate surface area is 118 Å². The van der Waals surface area contributed by atoms with Crippen molar-refractivity contribution >= 4 is 17.2 Å². The highest BCUT2D eigenvalue weighted by Crippen LogP contribution is 2.27. The number of fused-ring (bicyclic) bond motifs is 1. The lowest BCUT2D eigenvalue weighted by Crippen LogP contribution is -2.15. The number of carbonyl (C=O) groups excluding carboxylic acids is 1. The molecule has 0 aliphatic heterocycles. The Balaban J connectivity index is 1.52. The van der Waals surface area contributed by atoms with Crippen molar-refractivity contribution in [3.63, 3.8) is 0 Å². The summed E-state index contributed by atoms with van der Waals surface area (Å²) in [6.07, 6.45) is 11.7. The van der Waals surface area contributed by atoms with Gasteiger partial charge in [0.05, 0.1) is 5.69 Å². The summed E-state index contributed by atoms with van der Waals surface area (Å²) in [7, 11) is 0. The van der Waals surface area contributed by atoms with E-state index >= 15 is 0 Å². The van der Waals surface area contributed by atoms with Crippen LogP contribution in [0.1, 0.15) is 44.9 Å². The summed E-state index contributed by atoms with van der Waals surface area (Å²) in [6, 6.07) is 3.71. The molecule has 0 aromatic carbocycles. The maximum Gasteiger partial charge on any atom is 0.224 e. The molecule has 1 aliphatic carbocycles. The Hall–Kier alpha value is -1.91. The number of aromatic nitrogens is 3. The maximum absolute atomic E-state index is 12.0. The highest BCUT2D eigenvalue weighted by Gasteiger charge is 2.14. The molecular weight excluding hydrogens is 252 g/mol. The fourth-order valence-corrected chi connectivity index (χ4v) is 2.94. The average Bonchev–Trinajstić information content (AvgIpc) is 2.94. The number of pyridine rings is 1. The van der Waals surface area contributed by atoms with Crippen LogP contribution >= 0.6 is 0 Å². The van der Waals surface area contributed by atoms with E-state index in [0.717, 1.165) is 23.7 Å². The summed E-state index contributed by atoms with van der Waals surface area (Å²) in [4.78, 5) is 12.0. The second-order valence-corrected chi connectivity index (χ2v) is 5.61. The van der Waals surface area contributed by atoms with Crippen molar-refractivity contribution in [1.29, 1.82) is 0 Å². The molecule has 2 heterocycles. The predicted octanol–water partition coefficient (Wildman–Crippen LogP) is 3.03. The van der Waals surface area contributed by atoms with Crippen LogP contribution in [-0.2, 0) is 4.79 Å². The molecule has 0 atom stereocenters. The number of hydrogen-bond donors (Lipinski definition) is 1. The van der Waals surface area contributed by atoms with E-state index < -0.39 is 0 Å². The van der Waals surface area contributed by atoms with Gasteiger partial charge in [-0.2, -0.15) is 0 Å². The summed E-state index contributed by atoms with van der Waals surface area (Å²) < 4.78 is 1.80. The molecule has 1 N–H and O–H groups in total. The van der Waals surface area contributed by atoms with Crippen molar-refractivity contribution in [2.45, 2.75) is 44.9 Å². The van der Waals surface area contributed by atoms with E-state index in [1.54, 1.807) is 10.7 Å². The van der Waals surface area contributed by atoms with E-state index in [9.17, 15) is 4.79 Å². The first-order valence-electron chi connectivity index (χ1n) is 7.40. The van der Waals surface area contributed by atoms with Gasteiger partial charge in [-0.25, -0.2) is 0 Å². The Morgan fingerprint density at radius 2 is 2.15 bits per heavy atom. The maximum atomic E-state index is 12.0. The Morgan fingerprint density at radius 1 is 1.30 bits per heavy atom. The topological polar surface area (TPSA) is 59.3 Å². The lowest BCUT2D eigenvalue weighted by molar-refractivity contribution is -0.116. The molecule has 0 radical (unpaired) electrons. The van der Waals surface area contributed by atoms with Gasteiger partial charge in [0, 0.05) is 12.6 Å². The zero-order chi connectivity index (χ0) is 13.8. The molecule has 2 aromatic heterocycles. The number of anilines is 1. The largest absolute Gasteiger partial charge is 0.325 e. The molecule has 0 unspecified atom stereocenters. The van der Waals surface area contributed by atoms with Crippen molar-refractivity contribution in [3.8, 4) is 0 Å². The fourth-order valence-electron chi connectivity index (χ4n) is 2.94. The third-order valence-corrected chi connectivity index (χ3v) is 4.08. The molecule has 2 aromatic rings. The van der Waals surface area contributed by atoms with Crippen molar-refractivity contribution < 1.29 is 4.79 Å². The van der Waals surface area contributed by atoms with E-state index in [-0.39, 0.29) is 5.91 Å². The fraction of sp³-hybridized carbons (Fsp3) is 0.533. The third-order valence-electron chi connectivity index (χ3n) is 4.08. The van der Waals surface area contributed by atoms with Crippen molar-refractivity contribution in [2.24, 2.45) is 5.92 Å². The Bertz CT molecular complexity index is 586. The molecule has 3 rings (SSSR count). The summed E-state index contributed by atoms with van der Waals surface area (Å²) in [6.45, 7) is 0. The van der Waals surface area contributed by atoms with E-state index in [2.05, 4.69) is 15.5 Å². The van der Waals surface area contributed by atoms with Gasteiger partial charge in [0.25, 0.3) is 0 Å². The molecule has 1 aliphatic rings. The smallest absolute Gasteiger partial charge is 0.224 e. The Morgan fingerprint density at radius 3 is 3.00 bits per heavy atom.